The number of halogens is 3. The fourth-order valence-electron chi connectivity index (χ4n) is 2.29. The van der Waals surface area contributed by atoms with Crippen molar-refractivity contribution in [1.29, 1.82) is 0 Å². The van der Waals surface area contributed by atoms with E-state index in [0.717, 1.165) is 6.07 Å². The van der Waals surface area contributed by atoms with E-state index in [1.165, 1.54) is 23.4 Å². The summed E-state index contributed by atoms with van der Waals surface area (Å²) in [5, 5.41) is 13.3. The van der Waals surface area contributed by atoms with Crippen LogP contribution in [0.4, 0.5) is 13.2 Å². The van der Waals surface area contributed by atoms with E-state index in [4.69, 9.17) is 0 Å². The number of nitrogens with zero attached hydrogens (tertiary/aromatic N) is 5. The number of benzene rings is 1. The molecule has 1 aromatic carbocycles. The number of alkyl halides is 1. The van der Waals surface area contributed by atoms with Crippen molar-refractivity contribution in [1.82, 2.24) is 24.7 Å². The molecule has 0 fully saturated rings. The molecule has 2 aromatic heterocycles. The highest BCUT2D eigenvalue weighted by atomic mass is 19.1. The summed E-state index contributed by atoms with van der Waals surface area (Å²) in [4.78, 5) is 12.0. The van der Waals surface area contributed by atoms with Crippen LogP contribution in [-0.2, 0) is 19.8 Å². The van der Waals surface area contributed by atoms with Crippen molar-refractivity contribution in [2.75, 3.05) is 0 Å². The first-order chi connectivity index (χ1) is 11.6. The maximum absolute atomic E-state index is 14.1. The number of hydrogen-bond donors (Lipinski definition) is 1. The second-order valence-electron chi connectivity index (χ2n) is 4.92. The summed E-state index contributed by atoms with van der Waals surface area (Å²) in [6, 6.07) is 2.92. The molecular weight excluding hydrogens is 323 g/mol. The van der Waals surface area contributed by atoms with Gasteiger partial charge < -0.3 is 5.11 Å². The summed E-state index contributed by atoms with van der Waals surface area (Å²) in [6.07, 6.45) is 2.76. The van der Waals surface area contributed by atoms with E-state index in [9.17, 15) is 18.3 Å². The Kier molecular flexibility index (Phi) is 4.52. The van der Waals surface area contributed by atoms with Gasteiger partial charge in [-0.2, -0.15) is 5.10 Å². The lowest BCUT2D eigenvalue weighted by Gasteiger charge is -2.13. The number of rotatable bonds is 5. The second kappa shape index (κ2) is 6.75. The minimum atomic E-state index is -0.994. The van der Waals surface area contributed by atoms with E-state index in [1.807, 2.05) is 0 Å². The summed E-state index contributed by atoms with van der Waals surface area (Å²) in [5.74, 6) is -1.43. The smallest absolute Gasteiger partial charge is 0.150 e. The van der Waals surface area contributed by atoms with Crippen LogP contribution in [0.1, 0.15) is 17.1 Å². The van der Waals surface area contributed by atoms with Crippen LogP contribution in [0.3, 0.4) is 0 Å². The van der Waals surface area contributed by atoms with E-state index in [1.54, 1.807) is 0 Å². The van der Waals surface area contributed by atoms with E-state index in [-0.39, 0.29) is 34.9 Å². The Morgan fingerprint density at radius 1 is 1.17 bits per heavy atom. The van der Waals surface area contributed by atoms with Gasteiger partial charge >= 0.3 is 0 Å². The average Bonchev–Trinajstić information content (AvgIpc) is 3.07. The lowest BCUT2D eigenvalue weighted by Crippen LogP contribution is -2.11. The predicted octanol–water partition coefficient (Wildman–Crippen LogP) is 2.02. The van der Waals surface area contributed by atoms with Crippen LogP contribution in [0.2, 0.25) is 0 Å². The summed E-state index contributed by atoms with van der Waals surface area (Å²) < 4.78 is 42.1. The first-order valence-corrected chi connectivity index (χ1v) is 6.95. The van der Waals surface area contributed by atoms with Gasteiger partial charge in [-0.15, -0.1) is 0 Å². The van der Waals surface area contributed by atoms with E-state index in [0.29, 0.717) is 6.07 Å². The molecule has 3 aromatic rings. The second-order valence-corrected chi connectivity index (χ2v) is 4.92. The zero-order chi connectivity index (χ0) is 17.1. The van der Waals surface area contributed by atoms with Gasteiger partial charge in [0.05, 0.1) is 18.0 Å². The third-order valence-electron chi connectivity index (χ3n) is 3.38. The number of aromatic nitrogens is 5. The van der Waals surface area contributed by atoms with Crippen LogP contribution in [0, 0.1) is 11.6 Å². The Hall–Kier alpha value is -2.81. The van der Waals surface area contributed by atoms with Gasteiger partial charge in [0.1, 0.15) is 37.5 Å². The molecule has 0 radical (unpaired) electrons. The molecule has 124 valence electrons. The fraction of sp³-hybridized carbons (Fsp3) is 0.200. The monoisotopic (exact) mass is 335 g/mol. The Morgan fingerprint density at radius 2 is 2.00 bits per heavy atom. The molecule has 0 amide bonds. The Labute approximate surface area is 134 Å². The summed E-state index contributed by atoms with van der Waals surface area (Å²) in [6.45, 7) is -1.43. The van der Waals surface area contributed by atoms with Crippen molar-refractivity contribution < 1.29 is 18.3 Å². The molecule has 0 saturated heterocycles. The highest BCUT2D eigenvalue weighted by Gasteiger charge is 2.19. The molecule has 3 rings (SSSR count). The topological polar surface area (TPSA) is 76.7 Å². The Morgan fingerprint density at radius 3 is 2.62 bits per heavy atom. The number of aliphatic hydroxyl groups excluding tert-OH is 1. The van der Waals surface area contributed by atoms with Crippen LogP contribution in [0.25, 0.3) is 11.3 Å². The van der Waals surface area contributed by atoms with Crippen molar-refractivity contribution in [2.45, 2.75) is 19.8 Å². The summed E-state index contributed by atoms with van der Waals surface area (Å²) >= 11 is 0. The van der Waals surface area contributed by atoms with Gasteiger partial charge in [-0.05, 0) is 12.1 Å². The molecule has 0 atom stereocenters. The summed E-state index contributed by atoms with van der Waals surface area (Å²) in [7, 11) is 0. The molecule has 9 heteroatoms. The molecule has 1 N–H and O–H groups in total. The zero-order valence-electron chi connectivity index (χ0n) is 12.3. The van der Waals surface area contributed by atoms with E-state index in [2.05, 4.69) is 20.1 Å². The molecule has 6 nitrogen and oxygen atoms in total. The van der Waals surface area contributed by atoms with Crippen LogP contribution in [-0.4, -0.2) is 29.8 Å². The van der Waals surface area contributed by atoms with E-state index < -0.39 is 24.9 Å². The Bertz CT molecular complexity index is 855. The van der Waals surface area contributed by atoms with Crippen molar-refractivity contribution in [3.63, 3.8) is 0 Å². The predicted molar refractivity (Wildman–Crippen MR) is 77.2 cm³/mol. The van der Waals surface area contributed by atoms with Crippen LogP contribution in [0.15, 0.2) is 30.9 Å². The molecular formula is C15H12F3N5O. The van der Waals surface area contributed by atoms with Crippen LogP contribution in [0.5, 0.6) is 0 Å². The van der Waals surface area contributed by atoms with Crippen molar-refractivity contribution in [3.05, 3.63) is 59.6 Å². The SMILES string of the molecule is OCc1nc(Cn2cncn2)nc(-c2ccc(F)cc2F)c1CF. The van der Waals surface area contributed by atoms with E-state index >= 15 is 0 Å². The molecule has 0 bridgehead atoms. The quantitative estimate of drug-likeness (QED) is 0.772. The third-order valence-corrected chi connectivity index (χ3v) is 3.38. The first-order valence-electron chi connectivity index (χ1n) is 6.95. The Balaban J connectivity index is 2.14. The molecule has 0 aliphatic heterocycles. The molecule has 0 saturated carbocycles. The van der Waals surface area contributed by atoms with Gasteiger partial charge in [0.2, 0.25) is 0 Å². The molecule has 0 aliphatic carbocycles. The number of aliphatic hydroxyl groups is 1. The molecule has 0 spiro atoms. The molecule has 24 heavy (non-hydrogen) atoms. The van der Waals surface area contributed by atoms with Gasteiger partial charge in [-0.3, -0.25) is 0 Å². The maximum Gasteiger partial charge on any atom is 0.150 e. The zero-order valence-corrected chi connectivity index (χ0v) is 12.3. The minimum absolute atomic E-state index is 0.0239. The highest BCUT2D eigenvalue weighted by molar-refractivity contribution is 5.64. The van der Waals surface area contributed by atoms with Crippen molar-refractivity contribution in [2.24, 2.45) is 0 Å². The molecule has 0 aliphatic rings. The van der Waals surface area contributed by atoms with Crippen molar-refractivity contribution in [3.8, 4) is 11.3 Å². The normalized spacial score (nSPS) is 11.0. The largest absolute Gasteiger partial charge is 0.390 e. The lowest BCUT2D eigenvalue weighted by atomic mass is 10.0. The van der Waals surface area contributed by atoms with Gasteiger partial charge in [-0.25, -0.2) is 32.8 Å². The van der Waals surface area contributed by atoms with Crippen LogP contribution >= 0.6 is 0 Å². The van der Waals surface area contributed by atoms with Gasteiger partial charge in [0.15, 0.2) is 5.82 Å². The first kappa shape index (κ1) is 16.1. The van der Waals surface area contributed by atoms with Gasteiger partial charge in [0.25, 0.3) is 0 Å². The number of hydrogen-bond acceptors (Lipinski definition) is 5. The maximum atomic E-state index is 14.1. The van der Waals surface area contributed by atoms with Crippen molar-refractivity contribution >= 4 is 0 Å². The average molecular weight is 335 g/mol. The third kappa shape index (κ3) is 3.11. The lowest BCUT2D eigenvalue weighted by molar-refractivity contribution is 0.272. The van der Waals surface area contributed by atoms with Crippen LogP contribution < -0.4 is 0 Å². The van der Waals surface area contributed by atoms with Gasteiger partial charge in [-0.1, -0.05) is 0 Å². The van der Waals surface area contributed by atoms with Gasteiger partial charge in [0, 0.05) is 17.2 Å². The summed E-state index contributed by atoms with van der Waals surface area (Å²) in [5.41, 5.74) is -0.0863. The fourth-order valence-corrected chi connectivity index (χ4v) is 2.29. The minimum Gasteiger partial charge on any atom is -0.390 e. The molecule has 0 unspecified atom stereocenters. The molecule has 2 heterocycles. The highest BCUT2D eigenvalue weighted by Crippen LogP contribution is 2.28. The standard InChI is InChI=1S/C15H12F3N5O/c16-4-11-13(6-24)21-14(5-23-8-19-7-20-23)22-15(11)10-2-1-9(17)3-12(10)18/h1-3,7-8,24H,4-6H2.